The molecule has 0 fully saturated rings. The number of ether oxygens (including phenoxy) is 1. The van der Waals surface area contributed by atoms with E-state index in [2.05, 4.69) is 27.6 Å². The van der Waals surface area contributed by atoms with Crippen LogP contribution in [-0.2, 0) is 4.74 Å². The third kappa shape index (κ3) is 2.95. The first kappa shape index (κ1) is 14.8. The van der Waals surface area contributed by atoms with Gasteiger partial charge in [-0.25, -0.2) is 4.79 Å². The van der Waals surface area contributed by atoms with Gasteiger partial charge >= 0.3 is 5.97 Å². The van der Waals surface area contributed by atoms with E-state index in [-0.39, 0.29) is 18.1 Å². The molecule has 0 spiro atoms. The molecule has 1 aromatic carbocycles. The van der Waals surface area contributed by atoms with E-state index in [1.54, 1.807) is 18.2 Å². The molecule has 2 aromatic rings. The molecular weight excluding hydrogens is 373 g/mol. The Morgan fingerprint density at radius 3 is 2.85 bits per heavy atom. The summed E-state index contributed by atoms with van der Waals surface area (Å²) in [5.41, 5.74) is -0.614. The quantitative estimate of drug-likeness (QED) is 0.481. The molecule has 20 heavy (non-hydrogen) atoms. The number of carbonyl (C=O) groups is 1. The van der Waals surface area contributed by atoms with Gasteiger partial charge in [0.05, 0.1) is 12.0 Å². The number of esters is 1. The Kier molecular flexibility index (Phi) is 4.64. The zero-order chi connectivity index (χ0) is 14.7. The molecule has 0 aliphatic carbocycles. The summed E-state index contributed by atoms with van der Waals surface area (Å²) in [4.78, 5) is 26.2. The van der Waals surface area contributed by atoms with Crippen molar-refractivity contribution in [1.82, 2.24) is 4.98 Å². The third-order valence-electron chi connectivity index (χ3n) is 2.89. The molecule has 0 amide bonds. The molecule has 5 nitrogen and oxygen atoms in total. The van der Waals surface area contributed by atoms with Crippen LogP contribution in [0, 0.1) is 3.57 Å². The lowest BCUT2D eigenvalue weighted by Crippen LogP contribution is -2.16. The lowest BCUT2D eigenvalue weighted by molar-refractivity contribution is 0.0489. The SMILES string of the molecule is CCCCOC(=O)c1[nH]c(=O)c2ccc(I)cc2c1O. The molecule has 0 bridgehead atoms. The average Bonchev–Trinajstić information content (AvgIpc) is 2.42. The van der Waals surface area contributed by atoms with Gasteiger partial charge < -0.3 is 14.8 Å². The zero-order valence-electron chi connectivity index (χ0n) is 10.9. The molecule has 106 valence electrons. The normalized spacial score (nSPS) is 10.7. The molecule has 6 heteroatoms. The number of benzene rings is 1. The van der Waals surface area contributed by atoms with Crippen LogP contribution in [0.1, 0.15) is 30.3 Å². The lowest BCUT2D eigenvalue weighted by Gasteiger charge is -2.08. The Morgan fingerprint density at radius 2 is 2.15 bits per heavy atom. The van der Waals surface area contributed by atoms with E-state index >= 15 is 0 Å². The maximum absolute atomic E-state index is 11.9. The Labute approximate surface area is 129 Å². The molecule has 2 N–H and O–H groups in total. The van der Waals surface area contributed by atoms with Crippen molar-refractivity contribution in [3.63, 3.8) is 0 Å². The van der Waals surface area contributed by atoms with Crippen LogP contribution >= 0.6 is 22.6 Å². The largest absolute Gasteiger partial charge is 0.505 e. The maximum atomic E-state index is 11.9. The van der Waals surface area contributed by atoms with Gasteiger partial charge in [0.15, 0.2) is 11.4 Å². The van der Waals surface area contributed by atoms with Gasteiger partial charge in [0.25, 0.3) is 5.56 Å². The number of aromatic hydroxyl groups is 1. The Hall–Kier alpha value is -1.57. The first-order valence-electron chi connectivity index (χ1n) is 6.26. The van der Waals surface area contributed by atoms with E-state index in [0.29, 0.717) is 10.8 Å². The van der Waals surface area contributed by atoms with Crippen LogP contribution < -0.4 is 5.56 Å². The number of unbranched alkanes of at least 4 members (excludes halogenated alkanes) is 1. The fraction of sp³-hybridized carbons (Fsp3) is 0.286. The molecule has 1 heterocycles. The zero-order valence-corrected chi connectivity index (χ0v) is 13.1. The number of aromatic nitrogens is 1. The Morgan fingerprint density at radius 1 is 1.40 bits per heavy atom. The Bertz CT molecular complexity index is 708. The van der Waals surface area contributed by atoms with Crippen molar-refractivity contribution >= 4 is 39.3 Å². The number of pyridine rings is 1. The highest BCUT2D eigenvalue weighted by atomic mass is 127. The lowest BCUT2D eigenvalue weighted by atomic mass is 10.1. The van der Waals surface area contributed by atoms with Crippen molar-refractivity contribution in [2.45, 2.75) is 19.8 Å². The first-order valence-corrected chi connectivity index (χ1v) is 7.34. The summed E-state index contributed by atoms with van der Waals surface area (Å²) < 4.78 is 5.87. The van der Waals surface area contributed by atoms with E-state index in [1.165, 1.54) is 0 Å². The maximum Gasteiger partial charge on any atom is 0.358 e. The minimum absolute atomic E-state index is 0.194. The van der Waals surface area contributed by atoms with Crippen LogP contribution in [0.15, 0.2) is 23.0 Å². The topological polar surface area (TPSA) is 79.4 Å². The fourth-order valence-corrected chi connectivity index (χ4v) is 2.31. The van der Waals surface area contributed by atoms with Crippen molar-refractivity contribution in [1.29, 1.82) is 0 Å². The third-order valence-corrected chi connectivity index (χ3v) is 3.56. The van der Waals surface area contributed by atoms with Crippen LogP contribution in [0.5, 0.6) is 5.75 Å². The molecule has 0 aliphatic heterocycles. The predicted octanol–water partition coefficient (Wildman–Crippen LogP) is 2.80. The smallest absolute Gasteiger partial charge is 0.358 e. The second kappa shape index (κ2) is 6.25. The first-order chi connectivity index (χ1) is 9.54. The number of aromatic amines is 1. The van der Waals surface area contributed by atoms with Crippen LogP contribution in [0.2, 0.25) is 0 Å². The number of hydrogen-bond acceptors (Lipinski definition) is 4. The molecule has 0 aliphatic rings. The highest BCUT2D eigenvalue weighted by molar-refractivity contribution is 14.1. The summed E-state index contributed by atoms with van der Waals surface area (Å²) >= 11 is 2.07. The van der Waals surface area contributed by atoms with E-state index in [4.69, 9.17) is 4.74 Å². The molecular formula is C14H14INO4. The molecule has 0 unspecified atom stereocenters. The van der Waals surface area contributed by atoms with Crippen molar-refractivity contribution in [3.8, 4) is 5.75 Å². The minimum Gasteiger partial charge on any atom is -0.505 e. The van der Waals surface area contributed by atoms with Crippen molar-refractivity contribution in [2.75, 3.05) is 6.61 Å². The van der Waals surface area contributed by atoms with Gasteiger partial charge in [-0.2, -0.15) is 0 Å². The fourth-order valence-electron chi connectivity index (χ4n) is 1.81. The van der Waals surface area contributed by atoms with Gasteiger partial charge in [-0.15, -0.1) is 0 Å². The van der Waals surface area contributed by atoms with Gasteiger partial charge in [-0.1, -0.05) is 13.3 Å². The monoisotopic (exact) mass is 387 g/mol. The summed E-state index contributed by atoms with van der Waals surface area (Å²) in [5.74, 6) is -0.964. The number of halogens is 1. The van der Waals surface area contributed by atoms with Crippen molar-refractivity contribution in [3.05, 3.63) is 37.8 Å². The van der Waals surface area contributed by atoms with E-state index in [0.717, 1.165) is 16.4 Å². The molecule has 0 saturated carbocycles. The van der Waals surface area contributed by atoms with Crippen LogP contribution in [-0.4, -0.2) is 22.7 Å². The average molecular weight is 387 g/mol. The van der Waals surface area contributed by atoms with E-state index < -0.39 is 11.5 Å². The predicted molar refractivity (Wildman–Crippen MR) is 84.1 cm³/mol. The number of fused-ring (bicyclic) bond motifs is 1. The molecule has 0 radical (unpaired) electrons. The number of carbonyl (C=O) groups excluding carboxylic acids is 1. The summed E-state index contributed by atoms with van der Waals surface area (Å²) in [5, 5.41) is 10.8. The number of H-pyrrole nitrogens is 1. The minimum atomic E-state index is -0.714. The van der Waals surface area contributed by atoms with Gasteiger partial charge in [0, 0.05) is 8.96 Å². The van der Waals surface area contributed by atoms with Crippen molar-refractivity contribution < 1.29 is 14.6 Å². The number of hydrogen-bond donors (Lipinski definition) is 2. The summed E-state index contributed by atoms with van der Waals surface area (Å²) in [6.07, 6.45) is 1.63. The molecule has 0 saturated heterocycles. The molecule has 0 atom stereocenters. The summed E-state index contributed by atoms with van der Waals surface area (Å²) in [7, 11) is 0. The highest BCUT2D eigenvalue weighted by Gasteiger charge is 2.18. The van der Waals surface area contributed by atoms with E-state index in [9.17, 15) is 14.7 Å². The van der Waals surface area contributed by atoms with Crippen LogP contribution in [0.3, 0.4) is 0 Å². The second-order valence-electron chi connectivity index (χ2n) is 4.36. The number of nitrogens with one attached hydrogen (secondary N) is 1. The van der Waals surface area contributed by atoms with E-state index in [1.807, 2.05) is 6.92 Å². The van der Waals surface area contributed by atoms with Crippen molar-refractivity contribution in [2.24, 2.45) is 0 Å². The highest BCUT2D eigenvalue weighted by Crippen LogP contribution is 2.26. The van der Waals surface area contributed by atoms with Gasteiger partial charge in [-0.3, -0.25) is 4.79 Å². The standard InChI is InChI=1S/C14H14INO4/c1-2-3-6-20-14(19)11-12(17)10-7-8(15)4-5-9(10)13(18)16-11/h4-5,7,17H,2-3,6H2,1H3,(H,16,18). The second-order valence-corrected chi connectivity index (χ2v) is 5.60. The van der Waals surface area contributed by atoms with Gasteiger partial charge in [-0.05, 0) is 47.2 Å². The van der Waals surface area contributed by atoms with Gasteiger partial charge in [0.1, 0.15) is 0 Å². The van der Waals surface area contributed by atoms with Crippen LogP contribution in [0.4, 0.5) is 0 Å². The molecule has 2 rings (SSSR count). The summed E-state index contributed by atoms with van der Waals surface area (Å²) in [6, 6.07) is 5.03. The van der Waals surface area contributed by atoms with Crippen LogP contribution in [0.25, 0.3) is 10.8 Å². The Balaban J connectivity index is 2.47. The number of rotatable bonds is 4. The summed E-state index contributed by atoms with van der Waals surface area (Å²) in [6.45, 7) is 2.24. The van der Waals surface area contributed by atoms with Gasteiger partial charge in [0.2, 0.25) is 0 Å². The molecule has 1 aromatic heterocycles.